The fourth-order valence-electron chi connectivity index (χ4n) is 5.51. The van der Waals surface area contributed by atoms with Gasteiger partial charge in [0.15, 0.2) is 0 Å². The first-order valence-corrected chi connectivity index (χ1v) is 8.77. The summed E-state index contributed by atoms with van der Waals surface area (Å²) in [6, 6.07) is 4.39. The fourth-order valence-corrected chi connectivity index (χ4v) is 5.51. The SMILES string of the molecule is CC(C)(NC(=O)[C@H]1[C@@H]2CNC[C@@H]21)c1c2c3c4c(cccn14)CC23. The van der Waals surface area contributed by atoms with Crippen molar-refractivity contribution >= 4 is 11.4 Å². The number of aromatic nitrogens is 1. The fraction of sp³-hybridized carbons (Fsp3) is 0.526. The summed E-state index contributed by atoms with van der Waals surface area (Å²) >= 11 is 0. The van der Waals surface area contributed by atoms with E-state index in [9.17, 15) is 4.79 Å². The number of rotatable bonds is 3. The third-order valence-electron chi connectivity index (χ3n) is 6.58. The maximum absolute atomic E-state index is 12.7. The maximum atomic E-state index is 12.7. The monoisotopic (exact) mass is 307 g/mol. The number of hydrogen-bond donors (Lipinski definition) is 2. The van der Waals surface area contributed by atoms with Crippen molar-refractivity contribution in [1.29, 1.82) is 0 Å². The number of pyridine rings is 1. The summed E-state index contributed by atoms with van der Waals surface area (Å²) in [5.41, 5.74) is 6.94. The van der Waals surface area contributed by atoms with Crippen LogP contribution in [0.2, 0.25) is 0 Å². The van der Waals surface area contributed by atoms with Crippen molar-refractivity contribution in [2.45, 2.75) is 31.7 Å². The highest BCUT2D eigenvalue weighted by atomic mass is 16.2. The van der Waals surface area contributed by atoms with Gasteiger partial charge in [0, 0.05) is 18.0 Å². The maximum Gasteiger partial charge on any atom is 0.224 e. The second-order valence-electron chi connectivity index (χ2n) is 8.31. The first-order valence-electron chi connectivity index (χ1n) is 8.77. The number of hydrogen-bond acceptors (Lipinski definition) is 2. The smallest absolute Gasteiger partial charge is 0.224 e. The van der Waals surface area contributed by atoms with Gasteiger partial charge in [-0.3, -0.25) is 4.79 Å². The Balaban J connectivity index is 1.37. The van der Waals surface area contributed by atoms with Gasteiger partial charge >= 0.3 is 0 Å². The van der Waals surface area contributed by atoms with Crippen LogP contribution in [0.4, 0.5) is 0 Å². The molecule has 1 saturated carbocycles. The zero-order chi connectivity index (χ0) is 15.5. The molecule has 1 aliphatic heterocycles. The van der Waals surface area contributed by atoms with E-state index in [0.717, 1.165) is 19.5 Å². The number of piperidine rings is 1. The van der Waals surface area contributed by atoms with Crippen molar-refractivity contribution in [3.63, 3.8) is 0 Å². The molecule has 4 nitrogen and oxygen atoms in total. The van der Waals surface area contributed by atoms with Crippen LogP contribution in [-0.2, 0) is 16.8 Å². The Morgan fingerprint density at radius 3 is 2.87 bits per heavy atom. The van der Waals surface area contributed by atoms with Gasteiger partial charge in [-0.05, 0) is 68.0 Å². The number of fused-ring (bicyclic) bond motifs is 2. The molecule has 1 unspecified atom stereocenters. The van der Waals surface area contributed by atoms with E-state index in [2.05, 4.69) is 47.2 Å². The summed E-state index contributed by atoms with van der Waals surface area (Å²) in [5, 5.41) is 6.74. The standard InChI is InChI=1S/C19H21N3O/c1-19(2,21-18(23)13-11-7-20-8-12(11)13)17-15-10-6-9-4-3-5-22(17)16(9)14(10)15/h3-5,10-13,20H,6-8H2,1-2H3,(H,21,23)/t10?,11-,12+,13+. The molecule has 1 amide bonds. The van der Waals surface area contributed by atoms with Gasteiger partial charge in [-0.15, -0.1) is 0 Å². The summed E-state index contributed by atoms with van der Waals surface area (Å²) in [6.07, 6.45) is 3.32. The Bertz CT molecular complexity index is 884. The van der Waals surface area contributed by atoms with E-state index in [1.165, 1.54) is 22.3 Å². The van der Waals surface area contributed by atoms with Crippen molar-refractivity contribution in [1.82, 2.24) is 15.0 Å². The molecule has 23 heavy (non-hydrogen) atoms. The lowest BCUT2D eigenvalue weighted by Gasteiger charge is -2.28. The lowest BCUT2D eigenvalue weighted by atomic mass is 9.97. The van der Waals surface area contributed by atoms with E-state index in [0.29, 0.717) is 17.8 Å². The highest BCUT2D eigenvalue weighted by Gasteiger charge is 2.58. The van der Waals surface area contributed by atoms with Crippen molar-refractivity contribution in [3.05, 3.63) is 40.7 Å². The third-order valence-corrected chi connectivity index (χ3v) is 6.58. The van der Waals surface area contributed by atoms with Gasteiger partial charge in [0.1, 0.15) is 0 Å². The van der Waals surface area contributed by atoms with Crippen LogP contribution in [0.1, 0.15) is 42.1 Å². The van der Waals surface area contributed by atoms with Crippen LogP contribution in [0, 0.1) is 17.8 Å². The molecular weight excluding hydrogens is 286 g/mol. The molecule has 3 aliphatic carbocycles. The molecule has 2 fully saturated rings. The van der Waals surface area contributed by atoms with Gasteiger partial charge in [-0.25, -0.2) is 0 Å². The van der Waals surface area contributed by atoms with E-state index < -0.39 is 0 Å². The van der Waals surface area contributed by atoms with Crippen molar-refractivity contribution in [2.24, 2.45) is 17.8 Å². The summed E-state index contributed by atoms with van der Waals surface area (Å²) in [4.78, 5) is 12.7. The second-order valence-corrected chi connectivity index (χ2v) is 8.31. The minimum absolute atomic E-state index is 0.238. The molecule has 4 heteroatoms. The van der Waals surface area contributed by atoms with Gasteiger partial charge < -0.3 is 15.0 Å². The van der Waals surface area contributed by atoms with Gasteiger partial charge in [0.05, 0.1) is 16.7 Å². The molecule has 0 spiro atoms. The van der Waals surface area contributed by atoms with Crippen LogP contribution in [0.25, 0.3) is 5.52 Å². The minimum Gasteiger partial charge on any atom is -0.345 e. The second kappa shape index (κ2) is 3.64. The van der Waals surface area contributed by atoms with E-state index in [1.54, 1.807) is 5.56 Å². The molecule has 2 aromatic rings. The van der Waals surface area contributed by atoms with E-state index in [1.807, 2.05) is 0 Å². The Hall–Kier alpha value is -1.81. The topological polar surface area (TPSA) is 45.5 Å². The number of nitrogens with zero attached hydrogens (tertiary/aromatic N) is 1. The van der Waals surface area contributed by atoms with E-state index in [4.69, 9.17) is 0 Å². The highest BCUT2D eigenvalue weighted by molar-refractivity contribution is 5.86. The van der Waals surface area contributed by atoms with Crippen molar-refractivity contribution in [2.75, 3.05) is 13.1 Å². The molecule has 4 atom stereocenters. The zero-order valence-electron chi connectivity index (χ0n) is 13.5. The minimum atomic E-state index is -0.310. The first kappa shape index (κ1) is 12.6. The Kier molecular flexibility index (Phi) is 1.99. The molecule has 118 valence electrons. The van der Waals surface area contributed by atoms with Crippen LogP contribution >= 0.6 is 0 Å². The molecule has 1 saturated heterocycles. The molecule has 3 heterocycles. The van der Waals surface area contributed by atoms with Gasteiger partial charge in [-0.2, -0.15) is 0 Å². The Morgan fingerprint density at radius 2 is 2.09 bits per heavy atom. The van der Waals surface area contributed by atoms with E-state index in [-0.39, 0.29) is 17.4 Å². The summed E-state index contributed by atoms with van der Waals surface area (Å²) in [5.74, 6) is 2.28. The van der Waals surface area contributed by atoms with Gasteiger partial charge in [0.25, 0.3) is 0 Å². The first-order chi connectivity index (χ1) is 11.1. The summed E-state index contributed by atoms with van der Waals surface area (Å²) in [6.45, 7) is 6.35. The summed E-state index contributed by atoms with van der Waals surface area (Å²) in [7, 11) is 0. The quantitative estimate of drug-likeness (QED) is 0.907. The predicted molar refractivity (Wildman–Crippen MR) is 87.5 cm³/mol. The van der Waals surface area contributed by atoms with Crippen LogP contribution < -0.4 is 10.6 Å². The molecule has 0 radical (unpaired) electrons. The zero-order valence-corrected chi connectivity index (χ0v) is 13.5. The largest absolute Gasteiger partial charge is 0.345 e. The lowest BCUT2D eigenvalue weighted by molar-refractivity contribution is -0.124. The average molecular weight is 307 g/mol. The number of carbonyl (C=O) groups is 1. The molecule has 6 rings (SSSR count). The van der Waals surface area contributed by atoms with Crippen molar-refractivity contribution < 1.29 is 4.79 Å². The normalized spacial score (nSPS) is 32.3. The Labute approximate surface area is 135 Å². The molecule has 2 aromatic heterocycles. The highest BCUT2D eigenvalue weighted by Crippen LogP contribution is 2.59. The summed E-state index contributed by atoms with van der Waals surface area (Å²) < 4.78 is 2.33. The molecule has 0 bridgehead atoms. The van der Waals surface area contributed by atoms with Gasteiger partial charge in [-0.1, -0.05) is 6.07 Å². The van der Waals surface area contributed by atoms with Crippen LogP contribution in [-0.4, -0.2) is 23.4 Å². The number of nitrogens with one attached hydrogen (secondary N) is 2. The Morgan fingerprint density at radius 1 is 1.30 bits per heavy atom. The number of carbonyl (C=O) groups excluding carboxylic acids is 1. The number of amides is 1. The van der Waals surface area contributed by atoms with Crippen molar-refractivity contribution in [3.8, 4) is 0 Å². The lowest BCUT2D eigenvalue weighted by Crippen LogP contribution is -2.44. The molecule has 4 aliphatic rings. The van der Waals surface area contributed by atoms with Crippen LogP contribution in [0.5, 0.6) is 0 Å². The van der Waals surface area contributed by atoms with Gasteiger partial charge in [0.2, 0.25) is 5.91 Å². The predicted octanol–water partition coefficient (Wildman–Crippen LogP) is 1.76. The third kappa shape index (κ3) is 1.40. The molecule has 2 N–H and O–H groups in total. The molecule has 0 aromatic carbocycles. The van der Waals surface area contributed by atoms with E-state index >= 15 is 0 Å². The molecular formula is C19H21N3O. The average Bonchev–Trinajstić information content (AvgIpc) is 3.16. The van der Waals surface area contributed by atoms with Crippen LogP contribution in [0.15, 0.2) is 18.3 Å². The van der Waals surface area contributed by atoms with Crippen LogP contribution in [0.3, 0.4) is 0 Å².